The lowest BCUT2D eigenvalue weighted by atomic mass is 9.90. The Morgan fingerprint density at radius 3 is 2.16 bits per heavy atom. The van der Waals surface area contributed by atoms with Crippen molar-refractivity contribution < 1.29 is 45.4 Å². The van der Waals surface area contributed by atoms with Crippen molar-refractivity contribution in [2.75, 3.05) is 19.9 Å². The highest BCUT2D eigenvalue weighted by Gasteiger charge is 2.44. The minimum Gasteiger partial charge on any atom is -0.396 e. The highest BCUT2D eigenvalue weighted by atomic mass is 79.9. The number of ether oxygens (including phenoxy) is 1. The van der Waals surface area contributed by atoms with Gasteiger partial charge in [-0.05, 0) is 51.8 Å². The van der Waals surface area contributed by atoms with Crippen LogP contribution in [0, 0.1) is 5.82 Å². The number of hydrogen-bond acceptors (Lipinski definition) is 3. The lowest BCUT2D eigenvalue weighted by molar-refractivity contribution is -0.143. The van der Waals surface area contributed by atoms with E-state index in [1.807, 2.05) is 0 Å². The number of hydrogen-bond donors (Lipinski definition) is 1. The summed E-state index contributed by atoms with van der Waals surface area (Å²) in [6.07, 6.45) is -10.2. The molecule has 12 heteroatoms. The molecule has 1 aliphatic rings. The topological polar surface area (TPSA) is 49.8 Å². The largest absolute Gasteiger partial charge is 0.416 e. The molecule has 1 heterocycles. The number of carbonyl (C=O) groups is 1. The highest BCUT2D eigenvalue weighted by Crippen LogP contribution is 2.39. The number of benzene rings is 2. The summed E-state index contributed by atoms with van der Waals surface area (Å²) in [6.45, 7) is -1.13. The molecule has 0 aliphatic carbocycles. The zero-order valence-electron chi connectivity index (χ0n) is 16.0. The van der Waals surface area contributed by atoms with Crippen molar-refractivity contribution in [2.45, 2.75) is 24.4 Å². The van der Waals surface area contributed by atoms with Crippen LogP contribution in [-0.4, -0.2) is 35.8 Å². The number of rotatable bonds is 4. The molecule has 1 fully saturated rings. The molecule has 0 saturated carbocycles. The minimum atomic E-state index is -5.10. The molecular formula is C20H15BrF7NO3. The second-order valence-electron chi connectivity index (χ2n) is 7.17. The van der Waals surface area contributed by atoms with Crippen LogP contribution in [0.1, 0.15) is 33.5 Å². The van der Waals surface area contributed by atoms with Crippen molar-refractivity contribution in [1.29, 1.82) is 0 Å². The average molecular weight is 530 g/mol. The summed E-state index contributed by atoms with van der Waals surface area (Å²) >= 11 is 3.02. The summed E-state index contributed by atoms with van der Waals surface area (Å²) in [5.41, 5.74) is -4.99. The van der Waals surface area contributed by atoms with Gasteiger partial charge in [0, 0.05) is 18.6 Å². The Hall–Kier alpha value is -2.18. The molecule has 1 atom stereocenters. The molecule has 1 N–H and O–H groups in total. The van der Waals surface area contributed by atoms with Crippen LogP contribution in [0.25, 0.3) is 0 Å². The minimum absolute atomic E-state index is 0.0504. The van der Waals surface area contributed by atoms with E-state index >= 15 is 0 Å². The van der Waals surface area contributed by atoms with Crippen molar-refractivity contribution in [3.8, 4) is 0 Å². The van der Waals surface area contributed by atoms with E-state index in [1.54, 1.807) is 0 Å². The Balaban J connectivity index is 1.97. The Labute approximate surface area is 185 Å². The molecule has 1 amide bonds. The molecule has 2 aromatic carbocycles. The molecule has 0 spiro atoms. The standard InChI is InChI=1S/C20H15BrF7NO3/c21-15-8-12(1-2-16(15)22)18(3-4-30)9-29(10-32-18)17(31)11-5-13(19(23,24)25)7-14(6-11)20(26,27)28/h1-2,5-8,30H,3-4,9-10H2. The second-order valence-corrected chi connectivity index (χ2v) is 8.02. The fourth-order valence-corrected chi connectivity index (χ4v) is 3.80. The second kappa shape index (κ2) is 8.64. The number of amides is 1. The van der Waals surface area contributed by atoms with E-state index in [0.29, 0.717) is 17.7 Å². The first-order valence-electron chi connectivity index (χ1n) is 9.06. The van der Waals surface area contributed by atoms with Crippen LogP contribution >= 0.6 is 15.9 Å². The van der Waals surface area contributed by atoms with Gasteiger partial charge < -0.3 is 14.7 Å². The van der Waals surface area contributed by atoms with Crippen LogP contribution in [0.5, 0.6) is 0 Å². The fraction of sp³-hybridized carbons (Fsp3) is 0.350. The van der Waals surface area contributed by atoms with Crippen LogP contribution in [0.4, 0.5) is 30.7 Å². The SMILES string of the molecule is O=C(c1cc(C(F)(F)F)cc(C(F)(F)F)c1)N1COC(CCO)(c2ccc(F)c(Br)c2)C1. The fourth-order valence-electron chi connectivity index (χ4n) is 3.42. The van der Waals surface area contributed by atoms with Gasteiger partial charge in [-0.15, -0.1) is 0 Å². The van der Waals surface area contributed by atoms with Gasteiger partial charge in [-0.2, -0.15) is 26.3 Å². The van der Waals surface area contributed by atoms with Gasteiger partial charge in [-0.25, -0.2) is 4.39 Å². The van der Waals surface area contributed by atoms with E-state index in [-0.39, 0.29) is 23.5 Å². The Morgan fingerprint density at radius 2 is 1.66 bits per heavy atom. The number of nitrogens with zero attached hydrogens (tertiary/aromatic N) is 1. The van der Waals surface area contributed by atoms with Crippen molar-refractivity contribution in [3.05, 3.63) is 68.9 Å². The summed E-state index contributed by atoms with van der Waals surface area (Å²) < 4.78 is 98.0. The van der Waals surface area contributed by atoms with Gasteiger partial charge in [0.15, 0.2) is 0 Å². The zero-order valence-corrected chi connectivity index (χ0v) is 17.6. The van der Waals surface area contributed by atoms with E-state index in [2.05, 4.69) is 15.9 Å². The zero-order chi connectivity index (χ0) is 23.9. The Morgan fingerprint density at radius 1 is 1.06 bits per heavy atom. The normalized spacial score (nSPS) is 19.5. The first-order valence-corrected chi connectivity index (χ1v) is 9.85. The van der Waals surface area contributed by atoms with Crippen LogP contribution in [0.3, 0.4) is 0 Å². The quantitative estimate of drug-likeness (QED) is 0.544. The molecule has 0 aromatic heterocycles. The van der Waals surface area contributed by atoms with E-state index < -0.39 is 59.7 Å². The average Bonchev–Trinajstić information content (AvgIpc) is 3.13. The number of halogens is 8. The number of aliphatic hydroxyl groups excluding tert-OH is 1. The monoisotopic (exact) mass is 529 g/mol. The van der Waals surface area contributed by atoms with E-state index in [4.69, 9.17) is 4.74 Å². The maximum Gasteiger partial charge on any atom is 0.416 e. The predicted molar refractivity (Wildman–Crippen MR) is 101 cm³/mol. The maximum atomic E-state index is 13.6. The molecule has 0 bridgehead atoms. The summed E-state index contributed by atoms with van der Waals surface area (Å²) in [6, 6.07) is 4.47. The highest BCUT2D eigenvalue weighted by molar-refractivity contribution is 9.10. The summed E-state index contributed by atoms with van der Waals surface area (Å²) in [5, 5.41) is 9.45. The molecule has 4 nitrogen and oxygen atoms in total. The molecule has 0 radical (unpaired) electrons. The van der Waals surface area contributed by atoms with Crippen LogP contribution in [0.15, 0.2) is 40.9 Å². The third-order valence-corrected chi connectivity index (χ3v) is 5.63. The van der Waals surface area contributed by atoms with Crippen molar-refractivity contribution >= 4 is 21.8 Å². The molecule has 32 heavy (non-hydrogen) atoms. The number of aliphatic hydroxyl groups is 1. The third-order valence-electron chi connectivity index (χ3n) is 5.03. The maximum absolute atomic E-state index is 13.6. The van der Waals surface area contributed by atoms with Gasteiger partial charge in [0.25, 0.3) is 5.91 Å². The first kappa shape index (κ1) is 24.5. The summed E-state index contributed by atoms with van der Waals surface area (Å²) in [5.74, 6) is -1.69. The summed E-state index contributed by atoms with van der Waals surface area (Å²) in [4.78, 5) is 13.8. The van der Waals surface area contributed by atoms with Gasteiger partial charge in [0.2, 0.25) is 0 Å². The van der Waals surface area contributed by atoms with E-state index in [0.717, 1.165) is 11.0 Å². The Kier molecular flexibility index (Phi) is 6.60. The van der Waals surface area contributed by atoms with Crippen molar-refractivity contribution in [3.63, 3.8) is 0 Å². The van der Waals surface area contributed by atoms with Gasteiger partial charge in [-0.1, -0.05) is 6.07 Å². The van der Waals surface area contributed by atoms with Gasteiger partial charge in [-0.3, -0.25) is 4.79 Å². The van der Waals surface area contributed by atoms with Crippen molar-refractivity contribution in [2.24, 2.45) is 0 Å². The molecule has 1 aliphatic heterocycles. The van der Waals surface area contributed by atoms with Crippen molar-refractivity contribution in [1.82, 2.24) is 4.90 Å². The van der Waals surface area contributed by atoms with Gasteiger partial charge in [0.1, 0.15) is 18.1 Å². The summed E-state index contributed by atoms with van der Waals surface area (Å²) in [7, 11) is 0. The molecule has 3 rings (SSSR count). The molecular weight excluding hydrogens is 515 g/mol. The first-order chi connectivity index (χ1) is 14.8. The van der Waals surface area contributed by atoms with Gasteiger partial charge in [0.05, 0.1) is 22.1 Å². The molecule has 1 saturated heterocycles. The third kappa shape index (κ3) is 4.91. The van der Waals surface area contributed by atoms with E-state index in [1.165, 1.54) is 12.1 Å². The predicted octanol–water partition coefficient (Wildman–Crippen LogP) is 5.33. The smallest absolute Gasteiger partial charge is 0.396 e. The number of alkyl halides is 6. The Bertz CT molecular complexity index is 993. The molecule has 2 aromatic rings. The van der Waals surface area contributed by atoms with Crippen LogP contribution < -0.4 is 0 Å². The van der Waals surface area contributed by atoms with Crippen LogP contribution in [-0.2, 0) is 22.7 Å². The molecule has 174 valence electrons. The lowest BCUT2D eigenvalue weighted by Crippen LogP contribution is -2.36. The lowest BCUT2D eigenvalue weighted by Gasteiger charge is -2.28. The van der Waals surface area contributed by atoms with E-state index in [9.17, 15) is 40.6 Å². The number of carbonyl (C=O) groups excluding carboxylic acids is 1. The molecule has 1 unspecified atom stereocenters. The van der Waals surface area contributed by atoms with Crippen LogP contribution in [0.2, 0.25) is 0 Å². The van der Waals surface area contributed by atoms with Gasteiger partial charge >= 0.3 is 12.4 Å².